The third kappa shape index (κ3) is 4.92. The molecule has 136 valence electrons. The zero-order valence-electron chi connectivity index (χ0n) is 14.8. The van der Waals surface area contributed by atoms with E-state index in [0.717, 1.165) is 37.1 Å². The molecule has 1 aliphatic heterocycles. The molecule has 0 spiro atoms. The van der Waals surface area contributed by atoms with Crippen molar-refractivity contribution in [3.63, 3.8) is 0 Å². The largest absolute Gasteiger partial charge is 0.359 e. The number of carbonyl (C=O) groups excluding carboxylic acids is 2. The molecule has 5 heteroatoms. The molecule has 2 amide bonds. The lowest BCUT2D eigenvalue weighted by Crippen LogP contribution is -2.40. The second-order valence-electron chi connectivity index (χ2n) is 6.38. The number of benzene rings is 2. The maximum Gasteiger partial charge on any atom is 0.246 e. The van der Waals surface area contributed by atoms with Crippen molar-refractivity contribution in [1.29, 1.82) is 0 Å². The Morgan fingerprint density at radius 3 is 2.00 bits per heavy atom. The van der Waals surface area contributed by atoms with E-state index in [1.165, 1.54) is 0 Å². The van der Waals surface area contributed by atoms with Gasteiger partial charge < -0.3 is 15.0 Å². The summed E-state index contributed by atoms with van der Waals surface area (Å²) in [6, 6.07) is 19.6. The summed E-state index contributed by atoms with van der Waals surface area (Å²) < 4.78 is 5.90. The first-order chi connectivity index (χ1) is 12.7. The van der Waals surface area contributed by atoms with Gasteiger partial charge in [-0.2, -0.15) is 0 Å². The Morgan fingerprint density at radius 1 is 0.923 bits per heavy atom. The molecule has 3 rings (SSSR count). The van der Waals surface area contributed by atoms with Crippen LogP contribution >= 0.6 is 0 Å². The summed E-state index contributed by atoms with van der Waals surface area (Å²) in [7, 11) is 0. The van der Waals surface area contributed by atoms with Crippen molar-refractivity contribution in [3.8, 4) is 0 Å². The average molecular weight is 352 g/mol. The van der Waals surface area contributed by atoms with Crippen LogP contribution in [0.15, 0.2) is 60.7 Å². The minimum atomic E-state index is -0.322. The van der Waals surface area contributed by atoms with Crippen LogP contribution in [0.25, 0.3) is 0 Å². The summed E-state index contributed by atoms with van der Waals surface area (Å²) in [4.78, 5) is 25.9. The monoisotopic (exact) mass is 352 g/mol. The first-order valence-electron chi connectivity index (χ1n) is 9.00. The third-order valence-corrected chi connectivity index (χ3v) is 4.48. The molecule has 0 aromatic heterocycles. The molecule has 2 aromatic rings. The minimum absolute atomic E-state index is 0.0291. The molecule has 5 nitrogen and oxygen atoms in total. The van der Waals surface area contributed by atoms with Gasteiger partial charge in [0.2, 0.25) is 11.8 Å². The number of nitrogens with zero attached hydrogens (tertiary/aromatic N) is 1. The van der Waals surface area contributed by atoms with E-state index in [-0.39, 0.29) is 31.1 Å². The predicted molar refractivity (Wildman–Crippen MR) is 99.5 cm³/mol. The topological polar surface area (TPSA) is 58.6 Å². The van der Waals surface area contributed by atoms with Crippen LogP contribution in [-0.2, 0) is 14.3 Å². The lowest BCUT2D eigenvalue weighted by Gasteiger charge is -2.19. The number of nitrogens with one attached hydrogen (secondary N) is 1. The Morgan fingerprint density at radius 2 is 1.46 bits per heavy atom. The molecule has 1 heterocycles. The van der Waals surface area contributed by atoms with Crippen LogP contribution in [0.4, 0.5) is 0 Å². The van der Waals surface area contributed by atoms with Crippen LogP contribution in [0.5, 0.6) is 0 Å². The van der Waals surface area contributed by atoms with E-state index in [4.69, 9.17) is 4.74 Å². The van der Waals surface area contributed by atoms with Gasteiger partial charge >= 0.3 is 0 Å². The molecule has 0 atom stereocenters. The van der Waals surface area contributed by atoms with Crippen molar-refractivity contribution < 1.29 is 14.3 Å². The Hall–Kier alpha value is -2.66. The van der Waals surface area contributed by atoms with E-state index in [2.05, 4.69) is 5.32 Å². The van der Waals surface area contributed by atoms with Gasteiger partial charge in [-0.05, 0) is 24.0 Å². The van der Waals surface area contributed by atoms with Crippen molar-refractivity contribution >= 4 is 11.8 Å². The number of ether oxygens (including phenoxy) is 1. The molecule has 1 saturated heterocycles. The highest BCUT2D eigenvalue weighted by Crippen LogP contribution is 2.25. The number of rotatable bonds is 7. The van der Waals surface area contributed by atoms with E-state index >= 15 is 0 Å². The quantitative estimate of drug-likeness (QED) is 0.833. The molecule has 0 bridgehead atoms. The van der Waals surface area contributed by atoms with E-state index in [1.807, 2.05) is 60.7 Å². The van der Waals surface area contributed by atoms with Crippen molar-refractivity contribution in [1.82, 2.24) is 10.2 Å². The zero-order valence-corrected chi connectivity index (χ0v) is 14.8. The highest BCUT2D eigenvalue weighted by atomic mass is 16.5. The smallest absolute Gasteiger partial charge is 0.246 e. The van der Waals surface area contributed by atoms with Gasteiger partial charge in [0, 0.05) is 13.1 Å². The van der Waals surface area contributed by atoms with Crippen molar-refractivity contribution in [2.45, 2.75) is 18.9 Å². The van der Waals surface area contributed by atoms with E-state index in [9.17, 15) is 9.59 Å². The molecule has 26 heavy (non-hydrogen) atoms. The van der Waals surface area contributed by atoms with Gasteiger partial charge in [-0.15, -0.1) is 0 Å². The van der Waals surface area contributed by atoms with Crippen LogP contribution in [0.1, 0.15) is 30.1 Å². The fraction of sp³-hybridized carbons (Fsp3) is 0.333. The summed E-state index contributed by atoms with van der Waals surface area (Å²) in [5, 5.41) is 2.66. The number of hydrogen-bond donors (Lipinski definition) is 1. The predicted octanol–water partition coefficient (Wildman–Crippen LogP) is 2.53. The van der Waals surface area contributed by atoms with Gasteiger partial charge in [-0.3, -0.25) is 9.59 Å². The summed E-state index contributed by atoms with van der Waals surface area (Å²) in [6.07, 6.45) is 1.76. The number of hydrogen-bond acceptors (Lipinski definition) is 3. The molecule has 1 N–H and O–H groups in total. The summed E-state index contributed by atoms with van der Waals surface area (Å²) in [5.41, 5.74) is 1.97. The molecule has 1 aliphatic rings. The SMILES string of the molecule is O=C(COC(c1ccccc1)c1ccccc1)NCC(=O)N1CCCC1. The first-order valence-corrected chi connectivity index (χ1v) is 9.00. The molecule has 0 radical (unpaired) electrons. The molecule has 1 fully saturated rings. The van der Waals surface area contributed by atoms with Crippen LogP contribution < -0.4 is 5.32 Å². The molecule has 0 unspecified atom stereocenters. The highest BCUT2D eigenvalue weighted by Gasteiger charge is 2.19. The summed E-state index contributed by atoms with van der Waals surface area (Å²) in [5.74, 6) is -0.312. The third-order valence-electron chi connectivity index (χ3n) is 4.48. The Balaban J connectivity index is 1.55. The second kappa shape index (κ2) is 9.15. The standard InChI is InChI=1S/C21H24N2O3/c24-19(22-15-20(25)23-13-7-8-14-23)16-26-21(17-9-3-1-4-10-17)18-11-5-2-6-12-18/h1-6,9-12,21H,7-8,13-16H2,(H,22,24). The van der Waals surface area contributed by atoms with Crippen LogP contribution in [0, 0.1) is 0 Å². The number of likely N-dealkylation sites (tertiary alicyclic amines) is 1. The Bertz CT molecular complexity index is 673. The molecular formula is C21H24N2O3. The maximum atomic E-state index is 12.1. The maximum absolute atomic E-state index is 12.1. The fourth-order valence-electron chi connectivity index (χ4n) is 3.10. The van der Waals surface area contributed by atoms with Crippen LogP contribution in [0.2, 0.25) is 0 Å². The van der Waals surface area contributed by atoms with Crippen LogP contribution in [-0.4, -0.2) is 43.0 Å². The van der Waals surface area contributed by atoms with E-state index in [0.29, 0.717) is 0 Å². The molecule has 2 aromatic carbocycles. The summed E-state index contributed by atoms with van der Waals surface area (Å²) >= 11 is 0. The average Bonchev–Trinajstić information content (AvgIpc) is 3.23. The van der Waals surface area contributed by atoms with Crippen molar-refractivity contribution in [2.75, 3.05) is 26.2 Å². The van der Waals surface area contributed by atoms with Gasteiger partial charge in [-0.25, -0.2) is 0 Å². The van der Waals surface area contributed by atoms with Crippen LogP contribution in [0.3, 0.4) is 0 Å². The van der Waals surface area contributed by atoms with Gasteiger partial charge in [0.05, 0.1) is 6.54 Å². The molecule has 0 aliphatic carbocycles. The lowest BCUT2D eigenvalue weighted by atomic mass is 10.0. The lowest BCUT2D eigenvalue weighted by molar-refractivity contribution is -0.133. The summed E-state index contributed by atoms with van der Waals surface area (Å²) in [6.45, 7) is 1.51. The zero-order chi connectivity index (χ0) is 18.2. The van der Waals surface area contributed by atoms with E-state index in [1.54, 1.807) is 4.90 Å². The van der Waals surface area contributed by atoms with Gasteiger partial charge in [0.25, 0.3) is 0 Å². The van der Waals surface area contributed by atoms with Gasteiger partial charge in [0.15, 0.2) is 0 Å². The van der Waals surface area contributed by atoms with Crippen molar-refractivity contribution in [2.24, 2.45) is 0 Å². The number of carbonyl (C=O) groups is 2. The van der Waals surface area contributed by atoms with Gasteiger partial charge in [0.1, 0.15) is 12.7 Å². The van der Waals surface area contributed by atoms with E-state index < -0.39 is 0 Å². The molecular weight excluding hydrogens is 328 g/mol. The Labute approximate surface area is 154 Å². The normalized spacial score (nSPS) is 13.8. The number of amides is 2. The first kappa shape index (κ1) is 18.1. The minimum Gasteiger partial charge on any atom is -0.359 e. The Kier molecular flexibility index (Phi) is 6.39. The fourth-order valence-corrected chi connectivity index (χ4v) is 3.10. The highest BCUT2D eigenvalue weighted by molar-refractivity contribution is 5.85. The molecule has 0 saturated carbocycles. The van der Waals surface area contributed by atoms with Crippen molar-refractivity contribution in [3.05, 3.63) is 71.8 Å². The second-order valence-corrected chi connectivity index (χ2v) is 6.38. The van der Waals surface area contributed by atoms with Gasteiger partial charge in [-0.1, -0.05) is 60.7 Å².